The monoisotopic (exact) mass is 453 g/mol. The van der Waals surface area contributed by atoms with Crippen molar-refractivity contribution >= 4 is 27.8 Å². The third kappa shape index (κ3) is 9.07. The molecule has 0 atom stereocenters. The van der Waals surface area contributed by atoms with Gasteiger partial charge in [-0.1, -0.05) is 31.7 Å². The molecule has 6 nitrogen and oxygen atoms in total. The maximum atomic E-state index is 12.5. The number of carbonyl (C=O) groups is 2. The standard InChI is InChI=1S/C25H29O6Si/c1-19-18-20(9-15-24(26)29-2)8-14-23(19)31-25(27)21-10-12-22(13-11-21)30-16-6-4-3-5-7-17-32-28/h8-15,18H,3-7,16-17H2,1-2H3/b15-9+. The molecule has 0 spiro atoms. The van der Waals surface area contributed by atoms with E-state index in [0.717, 1.165) is 49.3 Å². The van der Waals surface area contributed by atoms with Crippen molar-refractivity contribution in [2.45, 2.75) is 45.1 Å². The molecule has 32 heavy (non-hydrogen) atoms. The number of rotatable bonds is 13. The Balaban J connectivity index is 1.80. The van der Waals surface area contributed by atoms with Gasteiger partial charge < -0.3 is 14.2 Å². The summed E-state index contributed by atoms with van der Waals surface area (Å²) in [4.78, 5) is 34.1. The molecule has 0 N–H and O–H groups in total. The molecule has 0 aliphatic rings. The second-order valence-electron chi connectivity index (χ2n) is 7.31. The molecule has 0 bridgehead atoms. The minimum absolute atomic E-state index is 0.187. The first-order valence-corrected chi connectivity index (χ1v) is 11.8. The van der Waals surface area contributed by atoms with Gasteiger partial charge in [0, 0.05) is 6.08 Å². The SMILES string of the molecule is COC(=O)/C=C/c1ccc(OC(=O)c2ccc(OCCCCCCC[Si][O])cc2)c(C)c1. The zero-order chi connectivity index (χ0) is 23.2. The van der Waals surface area contributed by atoms with Gasteiger partial charge in [-0.15, -0.1) is 0 Å². The lowest BCUT2D eigenvalue weighted by atomic mass is 10.1. The largest absolute Gasteiger partial charge is 0.494 e. The first-order valence-electron chi connectivity index (χ1n) is 10.7. The summed E-state index contributed by atoms with van der Waals surface area (Å²) >= 11 is 0. The highest BCUT2D eigenvalue weighted by molar-refractivity contribution is 6.24. The average molecular weight is 454 g/mol. The summed E-state index contributed by atoms with van der Waals surface area (Å²) in [5.74, 6) is 0.294. The fourth-order valence-electron chi connectivity index (χ4n) is 2.99. The third-order valence-electron chi connectivity index (χ3n) is 4.80. The van der Waals surface area contributed by atoms with E-state index in [0.29, 0.717) is 23.7 Å². The molecule has 3 radical (unpaired) electrons. The number of methoxy groups -OCH3 is 1. The number of benzene rings is 2. The minimum Gasteiger partial charge on any atom is -0.494 e. The smallest absolute Gasteiger partial charge is 0.343 e. The highest BCUT2D eigenvalue weighted by Gasteiger charge is 2.11. The summed E-state index contributed by atoms with van der Waals surface area (Å²) in [5.41, 5.74) is 2.02. The molecule has 2 rings (SSSR count). The lowest BCUT2D eigenvalue weighted by molar-refractivity contribution is -0.134. The average Bonchev–Trinajstić information content (AvgIpc) is 2.81. The summed E-state index contributed by atoms with van der Waals surface area (Å²) in [5, 5.41) is 0. The molecule has 0 aliphatic heterocycles. The molecule has 0 aliphatic carbocycles. The van der Waals surface area contributed by atoms with Gasteiger partial charge in [0.1, 0.15) is 11.5 Å². The summed E-state index contributed by atoms with van der Waals surface area (Å²) in [7, 11) is 1.13. The van der Waals surface area contributed by atoms with Crippen molar-refractivity contribution in [3.8, 4) is 11.5 Å². The quantitative estimate of drug-likeness (QED) is 0.137. The van der Waals surface area contributed by atoms with E-state index >= 15 is 0 Å². The lowest BCUT2D eigenvalue weighted by Crippen LogP contribution is -2.09. The van der Waals surface area contributed by atoms with Gasteiger partial charge in [0.15, 0.2) is 0 Å². The van der Waals surface area contributed by atoms with Crippen LogP contribution in [0.4, 0.5) is 0 Å². The van der Waals surface area contributed by atoms with Gasteiger partial charge in [0.25, 0.3) is 9.76 Å². The predicted octanol–water partition coefficient (Wildman–Crippen LogP) is 5.20. The van der Waals surface area contributed by atoms with Gasteiger partial charge in [-0.3, -0.25) is 4.80 Å². The van der Waals surface area contributed by atoms with Crippen LogP contribution in [0.3, 0.4) is 0 Å². The van der Waals surface area contributed by atoms with E-state index in [2.05, 4.69) is 4.74 Å². The van der Waals surface area contributed by atoms with E-state index in [4.69, 9.17) is 9.47 Å². The van der Waals surface area contributed by atoms with Crippen LogP contribution < -0.4 is 9.47 Å². The van der Waals surface area contributed by atoms with Crippen molar-refractivity contribution < 1.29 is 28.6 Å². The summed E-state index contributed by atoms with van der Waals surface area (Å²) in [6.07, 6.45) is 8.28. The lowest BCUT2D eigenvalue weighted by Gasteiger charge is -2.09. The number of ether oxygens (including phenoxy) is 3. The van der Waals surface area contributed by atoms with Gasteiger partial charge in [0.2, 0.25) is 0 Å². The van der Waals surface area contributed by atoms with Crippen molar-refractivity contribution in [1.29, 1.82) is 0 Å². The van der Waals surface area contributed by atoms with Gasteiger partial charge in [-0.05, 0) is 73.0 Å². The van der Waals surface area contributed by atoms with E-state index < -0.39 is 11.9 Å². The first-order chi connectivity index (χ1) is 15.5. The Morgan fingerprint density at radius 1 is 0.969 bits per heavy atom. The van der Waals surface area contributed by atoms with Gasteiger partial charge >= 0.3 is 11.9 Å². The highest BCUT2D eigenvalue weighted by atomic mass is 28.2. The Labute approximate surface area is 192 Å². The summed E-state index contributed by atoms with van der Waals surface area (Å²) in [6, 6.07) is 13.0. The van der Waals surface area contributed by atoms with Crippen LogP contribution in [0.15, 0.2) is 48.5 Å². The summed E-state index contributed by atoms with van der Waals surface area (Å²) < 4.78 is 15.8. The Bertz CT molecular complexity index is 892. The Morgan fingerprint density at radius 2 is 1.69 bits per heavy atom. The van der Waals surface area contributed by atoms with Gasteiger partial charge in [0.05, 0.1) is 19.3 Å². The van der Waals surface area contributed by atoms with Crippen molar-refractivity contribution in [2.24, 2.45) is 0 Å². The van der Waals surface area contributed by atoms with Crippen LogP contribution in [0.5, 0.6) is 11.5 Å². The zero-order valence-electron chi connectivity index (χ0n) is 18.6. The third-order valence-corrected chi connectivity index (χ3v) is 5.35. The topological polar surface area (TPSA) is 81.7 Å². The van der Waals surface area contributed by atoms with E-state index in [-0.39, 0.29) is 9.76 Å². The van der Waals surface area contributed by atoms with Crippen LogP contribution in [0.2, 0.25) is 6.04 Å². The molecule has 2 aromatic carbocycles. The molecule has 0 fully saturated rings. The molecule has 0 saturated carbocycles. The normalized spacial score (nSPS) is 10.8. The Kier molecular flexibility index (Phi) is 11.3. The number of carbonyl (C=O) groups excluding carboxylic acids is 2. The number of esters is 2. The van der Waals surface area contributed by atoms with E-state index in [9.17, 15) is 14.4 Å². The molecular formula is C25H29O6Si. The molecule has 0 amide bonds. The van der Waals surface area contributed by atoms with Crippen LogP contribution in [0, 0.1) is 6.92 Å². The van der Waals surface area contributed by atoms with Crippen LogP contribution in [-0.4, -0.2) is 35.4 Å². The minimum atomic E-state index is -0.448. The van der Waals surface area contributed by atoms with Crippen molar-refractivity contribution in [3.63, 3.8) is 0 Å². The molecule has 7 heteroatoms. The Morgan fingerprint density at radius 3 is 2.38 bits per heavy atom. The van der Waals surface area contributed by atoms with Crippen molar-refractivity contribution in [2.75, 3.05) is 13.7 Å². The van der Waals surface area contributed by atoms with Crippen LogP contribution >= 0.6 is 0 Å². The molecule has 0 aromatic heterocycles. The van der Waals surface area contributed by atoms with Crippen molar-refractivity contribution in [3.05, 3.63) is 65.2 Å². The van der Waals surface area contributed by atoms with E-state index in [1.165, 1.54) is 13.2 Å². The molecule has 0 saturated heterocycles. The molecule has 0 unspecified atom stereocenters. The van der Waals surface area contributed by atoms with Crippen LogP contribution in [-0.2, 0) is 14.3 Å². The first kappa shape index (κ1) is 25.4. The maximum Gasteiger partial charge on any atom is 0.343 e. The second-order valence-corrected chi connectivity index (χ2v) is 8.09. The molecule has 2 aromatic rings. The van der Waals surface area contributed by atoms with Gasteiger partial charge in [-0.25, -0.2) is 9.59 Å². The fraction of sp³-hybridized carbons (Fsp3) is 0.360. The highest BCUT2D eigenvalue weighted by Crippen LogP contribution is 2.22. The number of unbranched alkanes of at least 4 members (excludes halogenated alkanes) is 4. The van der Waals surface area contributed by atoms with E-state index in [1.54, 1.807) is 42.5 Å². The van der Waals surface area contributed by atoms with Crippen molar-refractivity contribution in [1.82, 2.24) is 0 Å². The van der Waals surface area contributed by atoms with Gasteiger partial charge in [-0.2, -0.15) is 0 Å². The maximum absolute atomic E-state index is 12.5. The summed E-state index contributed by atoms with van der Waals surface area (Å²) in [6.45, 7) is 2.46. The zero-order valence-corrected chi connectivity index (χ0v) is 19.6. The Hall–Kier alpha value is -2.90. The number of hydrogen-bond donors (Lipinski definition) is 0. The number of aryl methyl sites for hydroxylation is 1. The predicted molar refractivity (Wildman–Crippen MR) is 123 cm³/mol. The van der Waals surface area contributed by atoms with E-state index in [1.807, 2.05) is 13.0 Å². The van der Waals surface area contributed by atoms with Crippen LogP contribution in [0.25, 0.3) is 6.08 Å². The number of hydrogen-bond acceptors (Lipinski definition) is 5. The van der Waals surface area contributed by atoms with Crippen LogP contribution in [0.1, 0.15) is 53.6 Å². The molecular weight excluding hydrogens is 424 g/mol. The fourth-order valence-corrected chi connectivity index (χ4v) is 3.38. The second kappa shape index (κ2) is 14.2. The molecule has 169 valence electrons. The molecule has 0 heterocycles.